The molecule has 1 atom stereocenters. The summed E-state index contributed by atoms with van der Waals surface area (Å²) in [4.78, 5) is 4.98. The Labute approximate surface area is 126 Å². The van der Waals surface area contributed by atoms with Crippen LogP contribution in [0.3, 0.4) is 0 Å². The monoisotopic (exact) mass is 287 g/mol. The Morgan fingerprint density at radius 2 is 1.86 bits per heavy atom. The van der Waals surface area contributed by atoms with Crippen molar-refractivity contribution in [2.24, 2.45) is 5.73 Å². The lowest BCUT2D eigenvalue weighted by molar-refractivity contribution is 0.125. The molecule has 21 heavy (non-hydrogen) atoms. The molecule has 0 aliphatic carbocycles. The molecule has 0 radical (unpaired) electrons. The minimum absolute atomic E-state index is 0.0462. The van der Waals surface area contributed by atoms with Crippen molar-refractivity contribution in [3.05, 3.63) is 36.1 Å². The van der Waals surface area contributed by atoms with Gasteiger partial charge in [0, 0.05) is 38.1 Å². The second-order valence-electron chi connectivity index (χ2n) is 5.94. The molecule has 0 saturated carbocycles. The Kier molecular flexibility index (Phi) is 4.58. The van der Waals surface area contributed by atoms with E-state index in [-0.39, 0.29) is 6.04 Å². The van der Waals surface area contributed by atoms with E-state index in [1.807, 2.05) is 18.2 Å². The third-order valence-corrected chi connectivity index (χ3v) is 4.27. The van der Waals surface area contributed by atoms with Gasteiger partial charge in [-0.25, -0.2) is 0 Å². The van der Waals surface area contributed by atoms with Crippen LogP contribution in [0, 0.1) is 0 Å². The molecule has 2 N–H and O–H groups in total. The summed E-state index contributed by atoms with van der Waals surface area (Å²) in [6.45, 7) is 8.84. The minimum atomic E-state index is -0.0462. The molecular weight excluding hydrogens is 262 g/mol. The molecule has 114 valence electrons. The van der Waals surface area contributed by atoms with Gasteiger partial charge in [0.15, 0.2) is 0 Å². The lowest BCUT2D eigenvalue weighted by atomic mass is 10.2. The highest BCUT2D eigenvalue weighted by atomic mass is 16.3. The Morgan fingerprint density at radius 3 is 2.57 bits per heavy atom. The number of para-hydroxylation sites is 1. The Bertz CT molecular complexity index is 539. The molecule has 1 aromatic heterocycles. The van der Waals surface area contributed by atoms with E-state index >= 15 is 0 Å². The molecule has 4 nitrogen and oxygen atoms in total. The van der Waals surface area contributed by atoms with Gasteiger partial charge in [-0.1, -0.05) is 25.1 Å². The van der Waals surface area contributed by atoms with E-state index in [4.69, 9.17) is 10.2 Å². The predicted octanol–water partition coefficient (Wildman–Crippen LogP) is 2.46. The van der Waals surface area contributed by atoms with E-state index < -0.39 is 0 Å². The van der Waals surface area contributed by atoms with Crippen LogP contribution < -0.4 is 5.73 Å². The highest BCUT2D eigenvalue weighted by Gasteiger charge is 2.20. The maximum atomic E-state index is 6.33. The molecule has 0 spiro atoms. The molecule has 1 aliphatic heterocycles. The van der Waals surface area contributed by atoms with Crippen molar-refractivity contribution in [3.8, 4) is 0 Å². The van der Waals surface area contributed by atoms with Crippen LogP contribution in [0.2, 0.25) is 0 Å². The smallest absolute Gasteiger partial charge is 0.134 e. The van der Waals surface area contributed by atoms with Crippen molar-refractivity contribution in [1.29, 1.82) is 0 Å². The van der Waals surface area contributed by atoms with Crippen molar-refractivity contribution >= 4 is 11.0 Å². The third kappa shape index (κ3) is 3.46. The van der Waals surface area contributed by atoms with E-state index in [1.165, 1.54) is 13.0 Å². The summed E-state index contributed by atoms with van der Waals surface area (Å²) in [5.74, 6) is 0.896. The summed E-state index contributed by atoms with van der Waals surface area (Å²) in [5, 5.41) is 1.13. The number of fused-ring (bicyclic) bond motifs is 1. The average molecular weight is 287 g/mol. The van der Waals surface area contributed by atoms with E-state index in [1.54, 1.807) is 0 Å². The number of rotatable bonds is 5. The Morgan fingerprint density at radius 1 is 1.14 bits per heavy atom. The van der Waals surface area contributed by atoms with Crippen LogP contribution in [0.4, 0.5) is 0 Å². The predicted molar refractivity (Wildman–Crippen MR) is 86.3 cm³/mol. The van der Waals surface area contributed by atoms with E-state index in [9.17, 15) is 0 Å². The van der Waals surface area contributed by atoms with E-state index in [0.717, 1.165) is 49.5 Å². The van der Waals surface area contributed by atoms with Crippen molar-refractivity contribution < 1.29 is 4.42 Å². The summed E-state index contributed by atoms with van der Waals surface area (Å²) >= 11 is 0. The standard InChI is InChI=1S/C17H25N3O/c1-2-7-19-8-10-20(11-9-19)13-15(18)17-12-14-5-3-4-6-16(14)21-17/h3-6,12,15H,2,7-11,13,18H2,1H3. The topological polar surface area (TPSA) is 45.6 Å². The first-order valence-corrected chi connectivity index (χ1v) is 7.95. The maximum Gasteiger partial charge on any atom is 0.134 e. The van der Waals surface area contributed by atoms with Gasteiger partial charge in [-0.3, -0.25) is 4.90 Å². The molecule has 2 aromatic rings. The summed E-state index contributed by atoms with van der Waals surface area (Å²) in [7, 11) is 0. The van der Waals surface area contributed by atoms with Gasteiger partial charge in [0.2, 0.25) is 0 Å². The fourth-order valence-corrected chi connectivity index (χ4v) is 3.06. The van der Waals surface area contributed by atoms with E-state index in [2.05, 4.69) is 28.9 Å². The van der Waals surface area contributed by atoms with Crippen molar-refractivity contribution in [3.63, 3.8) is 0 Å². The highest BCUT2D eigenvalue weighted by Crippen LogP contribution is 2.23. The van der Waals surface area contributed by atoms with Crippen molar-refractivity contribution in [2.45, 2.75) is 19.4 Å². The normalized spacial score (nSPS) is 19.1. The van der Waals surface area contributed by atoms with Gasteiger partial charge in [-0.05, 0) is 25.1 Å². The number of benzene rings is 1. The fraction of sp³-hybridized carbons (Fsp3) is 0.529. The molecule has 3 rings (SSSR count). The van der Waals surface area contributed by atoms with Gasteiger partial charge in [0.1, 0.15) is 11.3 Å². The summed E-state index contributed by atoms with van der Waals surface area (Å²) < 4.78 is 5.87. The lowest BCUT2D eigenvalue weighted by Crippen LogP contribution is -2.48. The molecule has 4 heteroatoms. The second-order valence-corrected chi connectivity index (χ2v) is 5.94. The zero-order valence-electron chi connectivity index (χ0n) is 12.8. The van der Waals surface area contributed by atoms with Crippen LogP contribution in [0.5, 0.6) is 0 Å². The van der Waals surface area contributed by atoms with Gasteiger partial charge < -0.3 is 15.1 Å². The van der Waals surface area contributed by atoms with Gasteiger partial charge in [-0.2, -0.15) is 0 Å². The first kappa shape index (κ1) is 14.6. The number of piperazine rings is 1. The van der Waals surface area contributed by atoms with Gasteiger partial charge >= 0.3 is 0 Å². The van der Waals surface area contributed by atoms with Gasteiger partial charge in [-0.15, -0.1) is 0 Å². The highest BCUT2D eigenvalue weighted by molar-refractivity contribution is 5.77. The van der Waals surface area contributed by atoms with Crippen LogP contribution >= 0.6 is 0 Å². The van der Waals surface area contributed by atoms with Gasteiger partial charge in [0.25, 0.3) is 0 Å². The molecule has 0 amide bonds. The average Bonchev–Trinajstić information content (AvgIpc) is 2.94. The van der Waals surface area contributed by atoms with Crippen LogP contribution in [-0.2, 0) is 0 Å². The summed E-state index contributed by atoms with van der Waals surface area (Å²) in [6, 6.07) is 10.1. The first-order valence-electron chi connectivity index (χ1n) is 7.95. The van der Waals surface area contributed by atoms with E-state index in [0.29, 0.717) is 0 Å². The lowest BCUT2D eigenvalue weighted by Gasteiger charge is -2.35. The molecule has 1 fully saturated rings. The number of hydrogen-bond donors (Lipinski definition) is 1. The number of hydrogen-bond acceptors (Lipinski definition) is 4. The number of nitrogens with two attached hydrogens (primary N) is 1. The van der Waals surface area contributed by atoms with Crippen LogP contribution in [0.25, 0.3) is 11.0 Å². The molecule has 1 saturated heterocycles. The van der Waals surface area contributed by atoms with Crippen LogP contribution in [0.1, 0.15) is 25.1 Å². The molecule has 2 heterocycles. The molecule has 1 aliphatic rings. The van der Waals surface area contributed by atoms with Gasteiger partial charge in [0.05, 0.1) is 6.04 Å². The number of furan rings is 1. The molecule has 1 unspecified atom stereocenters. The zero-order chi connectivity index (χ0) is 14.7. The fourth-order valence-electron chi connectivity index (χ4n) is 3.06. The zero-order valence-corrected chi connectivity index (χ0v) is 12.8. The van der Waals surface area contributed by atoms with Crippen LogP contribution in [-0.4, -0.2) is 49.1 Å². The molecular formula is C17H25N3O. The largest absolute Gasteiger partial charge is 0.459 e. The minimum Gasteiger partial charge on any atom is -0.459 e. The molecule has 1 aromatic carbocycles. The quantitative estimate of drug-likeness (QED) is 0.917. The van der Waals surface area contributed by atoms with Crippen molar-refractivity contribution in [2.75, 3.05) is 39.3 Å². The Hall–Kier alpha value is -1.36. The maximum absolute atomic E-state index is 6.33. The summed E-state index contributed by atoms with van der Waals surface area (Å²) in [5.41, 5.74) is 7.26. The number of nitrogens with zero attached hydrogens (tertiary/aromatic N) is 2. The first-order chi connectivity index (χ1) is 10.3. The SMILES string of the molecule is CCCN1CCN(CC(N)c2cc3ccccc3o2)CC1. The third-order valence-electron chi connectivity index (χ3n) is 4.27. The summed E-state index contributed by atoms with van der Waals surface area (Å²) in [6.07, 6.45) is 1.23. The van der Waals surface area contributed by atoms with Crippen LogP contribution in [0.15, 0.2) is 34.7 Å². The molecule has 0 bridgehead atoms. The Balaban J connectivity index is 1.58. The second kappa shape index (κ2) is 6.60. The van der Waals surface area contributed by atoms with Crippen molar-refractivity contribution in [1.82, 2.24) is 9.80 Å².